The van der Waals surface area contributed by atoms with Crippen LogP contribution in [0.3, 0.4) is 0 Å². The molecule has 222 valence electrons. The van der Waals surface area contributed by atoms with Crippen LogP contribution in [0.4, 0.5) is 0 Å². The van der Waals surface area contributed by atoms with Gasteiger partial charge in [0.1, 0.15) is 0 Å². The third kappa shape index (κ3) is 4.07. The second kappa shape index (κ2) is 10.9. The molecule has 0 spiro atoms. The molecule has 0 saturated carbocycles. The van der Waals surface area contributed by atoms with E-state index in [1.807, 2.05) is 54.6 Å². The Kier molecular flexibility index (Phi) is 6.22. The van der Waals surface area contributed by atoms with E-state index >= 15 is 0 Å². The highest BCUT2D eigenvalue weighted by Gasteiger charge is 2.21. The molecule has 0 amide bonds. The van der Waals surface area contributed by atoms with Crippen molar-refractivity contribution in [2.75, 3.05) is 0 Å². The maximum absolute atomic E-state index is 10.5. The molecule has 4 nitrogen and oxygen atoms in total. The Morgan fingerprint density at radius 1 is 0.417 bits per heavy atom. The third-order valence-electron chi connectivity index (χ3n) is 9.42. The number of aromatic nitrogens is 2. The van der Waals surface area contributed by atoms with Gasteiger partial charge in [0.2, 0.25) is 0 Å². The van der Waals surface area contributed by atoms with Crippen LogP contribution in [-0.4, -0.2) is 9.13 Å². The predicted molar refractivity (Wildman–Crippen MR) is 195 cm³/mol. The molecule has 0 fully saturated rings. The Hall–Kier alpha value is -6.88. The lowest BCUT2D eigenvalue weighted by Gasteiger charge is -2.18. The Balaban J connectivity index is 1.25. The average Bonchev–Trinajstić information content (AvgIpc) is 3.67. The van der Waals surface area contributed by atoms with E-state index in [0.29, 0.717) is 11.1 Å². The number of para-hydroxylation sites is 3. The fourth-order valence-corrected chi connectivity index (χ4v) is 7.35. The summed E-state index contributed by atoms with van der Waals surface area (Å²) >= 11 is 0. The van der Waals surface area contributed by atoms with Crippen LogP contribution in [0.5, 0.6) is 0 Å². The predicted octanol–water partition coefficient (Wildman–Crippen LogP) is 11.0. The summed E-state index contributed by atoms with van der Waals surface area (Å²) in [7, 11) is 0. The van der Waals surface area contributed by atoms with Crippen molar-refractivity contribution in [1.29, 1.82) is 10.5 Å². The Labute approximate surface area is 277 Å². The lowest BCUT2D eigenvalue weighted by atomic mass is 9.90. The number of nitrogens with zero attached hydrogens (tertiary/aromatic N) is 4. The van der Waals surface area contributed by atoms with Crippen molar-refractivity contribution in [2.45, 2.75) is 0 Å². The highest BCUT2D eigenvalue weighted by molar-refractivity contribution is 6.11. The van der Waals surface area contributed by atoms with Gasteiger partial charge in [-0.2, -0.15) is 10.5 Å². The second-order valence-corrected chi connectivity index (χ2v) is 12.0. The zero-order valence-electron chi connectivity index (χ0n) is 25.8. The summed E-state index contributed by atoms with van der Waals surface area (Å²) in [4.78, 5) is 0. The topological polar surface area (TPSA) is 57.4 Å². The van der Waals surface area contributed by atoms with Crippen molar-refractivity contribution < 1.29 is 0 Å². The first kappa shape index (κ1) is 27.4. The SMILES string of the molecule is N#Cc1ccc2c3ccccc3n(-c3cccc(C#N)c3-c3ccccc3-c3ccc(-n4c5ccccc5c5ccccc54)cc3)c2c1. The Morgan fingerprint density at radius 3 is 1.60 bits per heavy atom. The first-order valence-corrected chi connectivity index (χ1v) is 15.9. The Bertz CT molecular complexity index is 2750. The third-order valence-corrected chi connectivity index (χ3v) is 9.42. The molecule has 0 N–H and O–H groups in total. The number of fused-ring (bicyclic) bond motifs is 6. The summed E-state index contributed by atoms with van der Waals surface area (Å²) in [5, 5.41) is 24.9. The van der Waals surface area contributed by atoms with Crippen molar-refractivity contribution >= 4 is 43.6 Å². The summed E-state index contributed by atoms with van der Waals surface area (Å²) in [6.07, 6.45) is 0. The van der Waals surface area contributed by atoms with Gasteiger partial charge in [0.15, 0.2) is 0 Å². The quantitative estimate of drug-likeness (QED) is 0.199. The molecule has 0 aliphatic rings. The maximum atomic E-state index is 10.5. The van der Waals surface area contributed by atoms with E-state index in [1.165, 1.54) is 21.8 Å². The van der Waals surface area contributed by atoms with E-state index in [9.17, 15) is 10.5 Å². The van der Waals surface area contributed by atoms with Gasteiger partial charge >= 0.3 is 0 Å². The first-order chi connectivity index (χ1) is 23.7. The van der Waals surface area contributed by atoms with Crippen molar-refractivity contribution in [3.63, 3.8) is 0 Å². The van der Waals surface area contributed by atoms with Gasteiger partial charge in [-0.1, -0.05) is 103 Å². The lowest BCUT2D eigenvalue weighted by molar-refractivity contribution is 1.18. The summed E-state index contributed by atoms with van der Waals surface area (Å²) < 4.78 is 4.52. The standard InChI is InChI=1S/C44H26N4/c45-27-29-20-25-37-36-14-5-8-18-41(36)48(43(37)26-29)42-19-9-10-31(28-46)44(42)38-15-2-1-11-33(38)30-21-23-32(24-22-30)47-39-16-6-3-12-34(39)35-13-4-7-17-40(35)47/h1-26H. The number of hydrogen-bond donors (Lipinski definition) is 0. The molecule has 9 aromatic rings. The molecule has 48 heavy (non-hydrogen) atoms. The smallest absolute Gasteiger partial charge is 0.0998 e. The molecular formula is C44H26N4. The molecule has 2 aromatic heterocycles. The van der Waals surface area contributed by atoms with Crippen molar-refractivity contribution in [2.24, 2.45) is 0 Å². The van der Waals surface area contributed by atoms with Crippen LogP contribution >= 0.6 is 0 Å². The minimum Gasteiger partial charge on any atom is -0.309 e. The minimum absolute atomic E-state index is 0.587. The summed E-state index contributed by atoms with van der Waals surface area (Å²) in [5.41, 5.74) is 11.4. The van der Waals surface area contributed by atoms with Crippen LogP contribution in [0.15, 0.2) is 158 Å². The molecular weight excluding hydrogens is 585 g/mol. The fourth-order valence-electron chi connectivity index (χ4n) is 7.35. The van der Waals surface area contributed by atoms with Gasteiger partial charge in [-0.3, -0.25) is 0 Å². The normalized spacial score (nSPS) is 11.3. The van der Waals surface area contributed by atoms with Crippen LogP contribution in [-0.2, 0) is 0 Å². The van der Waals surface area contributed by atoms with Gasteiger partial charge in [0, 0.05) is 32.8 Å². The number of hydrogen-bond acceptors (Lipinski definition) is 2. The van der Waals surface area contributed by atoms with Crippen LogP contribution in [0.2, 0.25) is 0 Å². The fraction of sp³-hybridized carbons (Fsp3) is 0. The number of nitriles is 2. The van der Waals surface area contributed by atoms with Crippen LogP contribution in [0.25, 0.3) is 77.2 Å². The monoisotopic (exact) mass is 610 g/mol. The molecule has 0 radical (unpaired) electrons. The number of benzene rings is 7. The summed E-state index contributed by atoms with van der Waals surface area (Å²) in [6.45, 7) is 0. The van der Waals surface area contributed by atoms with Crippen molar-refractivity contribution in [1.82, 2.24) is 9.13 Å². The zero-order valence-corrected chi connectivity index (χ0v) is 25.8. The van der Waals surface area contributed by atoms with E-state index in [0.717, 1.165) is 55.4 Å². The summed E-state index contributed by atoms with van der Waals surface area (Å²) in [5.74, 6) is 0. The van der Waals surface area contributed by atoms with E-state index < -0.39 is 0 Å². The molecule has 0 aliphatic heterocycles. The average molecular weight is 611 g/mol. The van der Waals surface area contributed by atoms with E-state index in [-0.39, 0.29) is 0 Å². The second-order valence-electron chi connectivity index (χ2n) is 12.0. The lowest BCUT2D eigenvalue weighted by Crippen LogP contribution is -2.00. The molecule has 0 saturated heterocycles. The van der Waals surface area contributed by atoms with Gasteiger partial charge in [-0.15, -0.1) is 0 Å². The molecule has 0 unspecified atom stereocenters. The van der Waals surface area contributed by atoms with Gasteiger partial charge < -0.3 is 9.13 Å². The molecule has 2 heterocycles. The molecule has 7 aromatic carbocycles. The van der Waals surface area contributed by atoms with Crippen LogP contribution in [0.1, 0.15) is 11.1 Å². The zero-order chi connectivity index (χ0) is 32.2. The molecule has 4 heteroatoms. The minimum atomic E-state index is 0.587. The first-order valence-electron chi connectivity index (χ1n) is 15.9. The van der Waals surface area contributed by atoms with E-state index in [4.69, 9.17) is 0 Å². The van der Waals surface area contributed by atoms with Crippen molar-refractivity contribution in [3.8, 4) is 45.8 Å². The highest BCUT2D eigenvalue weighted by Crippen LogP contribution is 2.42. The highest BCUT2D eigenvalue weighted by atomic mass is 15.0. The molecule has 9 rings (SSSR count). The largest absolute Gasteiger partial charge is 0.309 e. The summed E-state index contributed by atoms with van der Waals surface area (Å²) in [6, 6.07) is 58.9. The van der Waals surface area contributed by atoms with Gasteiger partial charge in [-0.05, 0) is 71.3 Å². The van der Waals surface area contributed by atoms with Gasteiger partial charge in [0.25, 0.3) is 0 Å². The van der Waals surface area contributed by atoms with Gasteiger partial charge in [0.05, 0.1) is 51.0 Å². The Morgan fingerprint density at radius 2 is 0.979 bits per heavy atom. The van der Waals surface area contributed by atoms with Crippen LogP contribution < -0.4 is 0 Å². The van der Waals surface area contributed by atoms with Gasteiger partial charge in [-0.25, -0.2) is 0 Å². The van der Waals surface area contributed by atoms with Crippen molar-refractivity contribution in [3.05, 3.63) is 169 Å². The molecule has 0 aliphatic carbocycles. The van der Waals surface area contributed by atoms with Crippen LogP contribution in [0, 0.1) is 22.7 Å². The van der Waals surface area contributed by atoms with E-state index in [1.54, 1.807) is 0 Å². The molecule has 0 bridgehead atoms. The molecule has 0 atom stereocenters. The maximum Gasteiger partial charge on any atom is 0.0998 e. The van der Waals surface area contributed by atoms with E-state index in [2.05, 4.69) is 124 Å². The number of rotatable bonds is 4.